The van der Waals surface area contributed by atoms with E-state index in [4.69, 9.17) is 0 Å². The highest BCUT2D eigenvalue weighted by Crippen LogP contribution is 2.14. The topological polar surface area (TPSA) is 29.1 Å². The van der Waals surface area contributed by atoms with Crippen molar-refractivity contribution in [3.8, 4) is 0 Å². The normalized spacial score (nSPS) is 12.6. The first-order chi connectivity index (χ1) is 7.50. The number of hydrogen-bond acceptors (Lipinski definition) is 1. The number of alkyl halides is 1. The Morgan fingerprint density at radius 2 is 1.81 bits per heavy atom. The summed E-state index contributed by atoms with van der Waals surface area (Å²) in [5.41, 5.74) is 1.97. The monoisotopic (exact) mass is 283 g/mol. The predicted octanol–water partition coefficient (Wildman–Crippen LogP) is 3.32. The maximum Gasteiger partial charge on any atom is 0.251 e. The van der Waals surface area contributed by atoms with Gasteiger partial charge in [-0.05, 0) is 23.6 Å². The van der Waals surface area contributed by atoms with Crippen LogP contribution in [0.3, 0.4) is 0 Å². The number of benzene rings is 1. The number of nitrogens with one attached hydrogen (secondary N) is 1. The van der Waals surface area contributed by atoms with Crippen LogP contribution in [-0.2, 0) is 0 Å². The standard InChI is InChI=1S/C13H18BrNO/c1-9(2)11-4-6-12(7-5-11)13(16)15-8-10(3)14/h4-7,9-10H,8H2,1-3H3,(H,15,16). The largest absolute Gasteiger partial charge is 0.351 e. The molecule has 1 unspecified atom stereocenters. The Morgan fingerprint density at radius 1 is 1.25 bits per heavy atom. The molecule has 0 spiro atoms. The first-order valence-corrected chi connectivity index (χ1v) is 6.44. The summed E-state index contributed by atoms with van der Waals surface area (Å²) in [6.07, 6.45) is 0. The third-order valence-corrected chi connectivity index (χ3v) is 2.71. The van der Waals surface area contributed by atoms with Crippen molar-refractivity contribution >= 4 is 21.8 Å². The van der Waals surface area contributed by atoms with E-state index in [2.05, 4.69) is 35.1 Å². The average molecular weight is 284 g/mol. The number of halogens is 1. The molecule has 0 saturated carbocycles. The fraction of sp³-hybridized carbons (Fsp3) is 0.462. The third kappa shape index (κ3) is 3.97. The second kappa shape index (κ2) is 6.04. The molecule has 16 heavy (non-hydrogen) atoms. The molecule has 2 nitrogen and oxygen atoms in total. The van der Waals surface area contributed by atoms with E-state index < -0.39 is 0 Å². The summed E-state index contributed by atoms with van der Waals surface area (Å²) in [7, 11) is 0. The summed E-state index contributed by atoms with van der Waals surface area (Å²) in [5, 5.41) is 2.86. The van der Waals surface area contributed by atoms with Gasteiger partial charge in [-0.3, -0.25) is 4.79 Å². The SMILES string of the molecule is CC(Br)CNC(=O)c1ccc(C(C)C)cc1. The molecule has 0 bridgehead atoms. The van der Waals surface area contributed by atoms with Gasteiger partial charge in [-0.25, -0.2) is 0 Å². The van der Waals surface area contributed by atoms with Gasteiger partial charge in [0, 0.05) is 16.9 Å². The average Bonchev–Trinajstić information content (AvgIpc) is 2.26. The first kappa shape index (κ1) is 13.2. The van der Waals surface area contributed by atoms with E-state index in [1.54, 1.807) is 0 Å². The second-order valence-corrected chi connectivity index (χ2v) is 5.83. The summed E-state index contributed by atoms with van der Waals surface area (Å²) in [5.74, 6) is 0.487. The smallest absolute Gasteiger partial charge is 0.251 e. The van der Waals surface area contributed by atoms with Crippen LogP contribution < -0.4 is 5.32 Å². The van der Waals surface area contributed by atoms with Gasteiger partial charge >= 0.3 is 0 Å². The maximum absolute atomic E-state index is 11.7. The lowest BCUT2D eigenvalue weighted by atomic mass is 10.0. The molecule has 0 aliphatic heterocycles. The van der Waals surface area contributed by atoms with Gasteiger partial charge in [-0.1, -0.05) is 48.8 Å². The molecule has 0 heterocycles. The van der Waals surface area contributed by atoms with Gasteiger partial charge in [-0.15, -0.1) is 0 Å². The predicted molar refractivity (Wildman–Crippen MR) is 71.3 cm³/mol. The molecular formula is C13H18BrNO. The van der Waals surface area contributed by atoms with Crippen molar-refractivity contribution in [3.63, 3.8) is 0 Å². The van der Waals surface area contributed by atoms with E-state index in [-0.39, 0.29) is 5.91 Å². The highest BCUT2D eigenvalue weighted by atomic mass is 79.9. The summed E-state index contributed by atoms with van der Waals surface area (Å²) in [4.78, 5) is 12.0. The zero-order valence-corrected chi connectivity index (χ0v) is 11.5. The minimum atomic E-state index is -0.0124. The molecule has 0 radical (unpaired) electrons. The second-order valence-electron chi connectivity index (χ2n) is 4.27. The number of amides is 1. The highest BCUT2D eigenvalue weighted by molar-refractivity contribution is 9.09. The first-order valence-electron chi connectivity index (χ1n) is 5.53. The van der Waals surface area contributed by atoms with E-state index in [1.807, 2.05) is 31.2 Å². The van der Waals surface area contributed by atoms with Crippen LogP contribution in [0.25, 0.3) is 0 Å². The molecule has 0 fully saturated rings. The zero-order valence-electron chi connectivity index (χ0n) is 9.96. The quantitative estimate of drug-likeness (QED) is 0.844. The summed E-state index contributed by atoms with van der Waals surface area (Å²) < 4.78 is 0. The number of carbonyl (C=O) groups is 1. The lowest BCUT2D eigenvalue weighted by Crippen LogP contribution is -2.28. The molecule has 0 saturated heterocycles. The Morgan fingerprint density at radius 3 is 2.25 bits per heavy atom. The molecule has 1 aromatic carbocycles. The molecule has 1 aromatic rings. The van der Waals surface area contributed by atoms with Gasteiger partial charge < -0.3 is 5.32 Å². The van der Waals surface area contributed by atoms with E-state index in [0.29, 0.717) is 17.3 Å². The minimum absolute atomic E-state index is 0.0124. The van der Waals surface area contributed by atoms with Gasteiger partial charge in [0.2, 0.25) is 0 Å². The van der Waals surface area contributed by atoms with Crippen LogP contribution in [0.15, 0.2) is 24.3 Å². The molecule has 3 heteroatoms. The van der Waals surface area contributed by atoms with Crippen molar-refractivity contribution in [3.05, 3.63) is 35.4 Å². The molecule has 0 aliphatic carbocycles. The number of carbonyl (C=O) groups excluding carboxylic acids is 1. The van der Waals surface area contributed by atoms with Crippen molar-refractivity contribution in [2.75, 3.05) is 6.54 Å². The van der Waals surface area contributed by atoms with E-state index in [9.17, 15) is 4.79 Å². The Kier molecular flexibility index (Phi) is 5.00. The molecule has 1 rings (SSSR count). The van der Waals surface area contributed by atoms with Crippen molar-refractivity contribution in [2.24, 2.45) is 0 Å². The lowest BCUT2D eigenvalue weighted by molar-refractivity contribution is 0.0954. The fourth-order valence-electron chi connectivity index (χ4n) is 1.35. The van der Waals surface area contributed by atoms with Crippen LogP contribution in [-0.4, -0.2) is 17.3 Å². The molecule has 0 aliphatic rings. The Hall–Kier alpha value is -0.830. The number of hydrogen-bond donors (Lipinski definition) is 1. The van der Waals surface area contributed by atoms with E-state index in [1.165, 1.54) is 5.56 Å². The van der Waals surface area contributed by atoms with Crippen LogP contribution in [0.2, 0.25) is 0 Å². The Bertz CT molecular complexity index is 343. The van der Waals surface area contributed by atoms with Crippen LogP contribution in [0.1, 0.15) is 42.6 Å². The van der Waals surface area contributed by atoms with Crippen LogP contribution in [0.4, 0.5) is 0 Å². The molecule has 1 atom stereocenters. The third-order valence-electron chi connectivity index (χ3n) is 2.38. The fourth-order valence-corrected chi connectivity index (χ4v) is 1.52. The molecule has 1 amide bonds. The summed E-state index contributed by atoms with van der Waals surface area (Å²) >= 11 is 3.39. The van der Waals surface area contributed by atoms with Crippen molar-refractivity contribution in [1.29, 1.82) is 0 Å². The van der Waals surface area contributed by atoms with Gasteiger partial charge in [0.05, 0.1) is 0 Å². The Balaban J connectivity index is 2.63. The summed E-state index contributed by atoms with van der Waals surface area (Å²) in [6.45, 7) is 6.93. The van der Waals surface area contributed by atoms with Gasteiger partial charge in [0.15, 0.2) is 0 Å². The van der Waals surface area contributed by atoms with Gasteiger partial charge in [0.1, 0.15) is 0 Å². The maximum atomic E-state index is 11.7. The van der Waals surface area contributed by atoms with E-state index >= 15 is 0 Å². The molecule has 1 N–H and O–H groups in total. The van der Waals surface area contributed by atoms with Crippen molar-refractivity contribution in [2.45, 2.75) is 31.5 Å². The molecule has 0 aromatic heterocycles. The van der Waals surface area contributed by atoms with Gasteiger partial charge in [-0.2, -0.15) is 0 Å². The van der Waals surface area contributed by atoms with E-state index in [0.717, 1.165) is 5.56 Å². The summed E-state index contributed by atoms with van der Waals surface area (Å²) in [6, 6.07) is 7.78. The molecule has 88 valence electrons. The molecular weight excluding hydrogens is 266 g/mol. The highest BCUT2D eigenvalue weighted by Gasteiger charge is 2.06. The minimum Gasteiger partial charge on any atom is -0.351 e. The lowest BCUT2D eigenvalue weighted by Gasteiger charge is -2.08. The zero-order chi connectivity index (χ0) is 12.1. The van der Waals surface area contributed by atoms with Gasteiger partial charge in [0.25, 0.3) is 5.91 Å². The number of rotatable bonds is 4. The van der Waals surface area contributed by atoms with Crippen LogP contribution >= 0.6 is 15.9 Å². The van der Waals surface area contributed by atoms with Crippen LogP contribution in [0, 0.1) is 0 Å². The van der Waals surface area contributed by atoms with Crippen molar-refractivity contribution in [1.82, 2.24) is 5.32 Å². The van der Waals surface area contributed by atoms with Crippen LogP contribution in [0.5, 0.6) is 0 Å². The Labute approximate surface area is 106 Å². The van der Waals surface area contributed by atoms with Crippen molar-refractivity contribution < 1.29 is 4.79 Å².